The Balaban J connectivity index is 1.71. The van der Waals surface area contributed by atoms with Crippen LogP contribution in [0.4, 0.5) is 0 Å². The number of hydrogen-bond donors (Lipinski definition) is 1. The molecule has 1 aromatic heterocycles. The van der Waals surface area contributed by atoms with Crippen molar-refractivity contribution >= 4 is 11.8 Å². The normalized spacial score (nSPS) is 27.6. The molecule has 112 valence electrons. The maximum absolute atomic E-state index is 6.15. The molecule has 4 nitrogen and oxygen atoms in total. The van der Waals surface area contributed by atoms with E-state index in [0.29, 0.717) is 6.04 Å². The number of nitrogens with zero attached hydrogens (tertiary/aromatic N) is 2. The van der Waals surface area contributed by atoms with E-state index in [-0.39, 0.29) is 11.6 Å². The van der Waals surface area contributed by atoms with Crippen molar-refractivity contribution in [2.45, 2.75) is 56.7 Å². The molecule has 1 aromatic rings. The van der Waals surface area contributed by atoms with Gasteiger partial charge in [0.05, 0.1) is 17.8 Å². The predicted octanol–water partition coefficient (Wildman–Crippen LogP) is 2.91. The average Bonchev–Trinajstić information content (AvgIpc) is 2.97. The summed E-state index contributed by atoms with van der Waals surface area (Å²) in [4.78, 5) is 0. The van der Waals surface area contributed by atoms with Gasteiger partial charge in [0, 0.05) is 24.4 Å². The number of thioether (sulfide) groups is 1. The molecule has 2 aliphatic heterocycles. The molecular weight excluding hydrogens is 270 g/mol. The summed E-state index contributed by atoms with van der Waals surface area (Å²) < 4.78 is 8.29. The van der Waals surface area contributed by atoms with Crippen LogP contribution in [-0.2, 0) is 4.74 Å². The van der Waals surface area contributed by atoms with Gasteiger partial charge in [-0.1, -0.05) is 6.92 Å². The van der Waals surface area contributed by atoms with E-state index in [9.17, 15) is 0 Å². The van der Waals surface area contributed by atoms with Crippen molar-refractivity contribution in [3.05, 3.63) is 18.0 Å². The molecule has 0 radical (unpaired) electrons. The maximum Gasteiger partial charge on any atom is 0.0718 e. The number of aromatic nitrogens is 2. The summed E-state index contributed by atoms with van der Waals surface area (Å²) >= 11 is 2.05. The summed E-state index contributed by atoms with van der Waals surface area (Å²) in [5.74, 6) is 2.47. The Morgan fingerprint density at radius 1 is 1.55 bits per heavy atom. The number of nitrogens with two attached hydrogens (primary N) is 1. The zero-order valence-electron chi connectivity index (χ0n) is 12.3. The summed E-state index contributed by atoms with van der Waals surface area (Å²) in [5.41, 5.74) is 7.37. The lowest BCUT2D eigenvalue weighted by atomic mass is 9.85. The minimum Gasteiger partial charge on any atom is -0.375 e. The minimum absolute atomic E-state index is 0.114. The molecule has 3 heterocycles. The molecule has 2 saturated heterocycles. The van der Waals surface area contributed by atoms with Crippen molar-refractivity contribution in [1.29, 1.82) is 0 Å². The van der Waals surface area contributed by atoms with Crippen LogP contribution in [0.1, 0.15) is 56.7 Å². The minimum atomic E-state index is 0.114. The van der Waals surface area contributed by atoms with E-state index in [1.165, 1.54) is 24.3 Å². The zero-order valence-corrected chi connectivity index (χ0v) is 13.1. The fourth-order valence-corrected chi connectivity index (χ4v) is 4.54. The Labute approximate surface area is 125 Å². The molecule has 2 unspecified atom stereocenters. The van der Waals surface area contributed by atoms with Crippen molar-refractivity contribution in [1.82, 2.24) is 9.78 Å². The molecule has 0 bridgehead atoms. The predicted molar refractivity (Wildman–Crippen MR) is 83.0 cm³/mol. The highest BCUT2D eigenvalue weighted by Gasteiger charge is 2.39. The lowest BCUT2D eigenvalue weighted by molar-refractivity contribution is -0.100. The van der Waals surface area contributed by atoms with Gasteiger partial charge < -0.3 is 10.5 Å². The molecule has 0 aromatic carbocycles. The van der Waals surface area contributed by atoms with E-state index in [4.69, 9.17) is 10.5 Å². The van der Waals surface area contributed by atoms with Gasteiger partial charge in [0.15, 0.2) is 0 Å². The Kier molecular flexibility index (Phi) is 4.38. The first-order chi connectivity index (χ1) is 9.72. The molecule has 5 heteroatoms. The van der Waals surface area contributed by atoms with Gasteiger partial charge >= 0.3 is 0 Å². The van der Waals surface area contributed by atoms with Crippen molar-refractivity contribution < 1.29 is 4.74 Å². The Hall–Kier alpha value is -0.520. The van der Waals surface area contributed by atoms with Gasteiger partial charge in [-0.25, -0.2) is 0 Å². The third-order valence-electron chi connectivity index (χ3n) is 4.73. The van der Waals surface area contributed by atoms with Crippen molar-refractivity contribution in [2.24, 2.45) is 5.73 Å². The second-order valence-corrected chi connectivity index (χ2v) is 7.28. The van der Waals surface area contributed by atoms with Crippen LogP contribution in [0.25, 0.3) is 0 Å². The van der Waals surface area contributed by atoms with Crippen LogP contribution in [0.3, 0.4) is 0 Å². The number of hydrogen-bond acceptors (Lipinski definition) is 4. The van der Waals surface area contributed by atoms with Crippen LogP contribution < -0.4 is 5.73 Å². The van der Waals surface area contributed by atoms with Gasteiger partial charge in [0.2, 0.25) is 0 Å². The van der Waals surface area contributed by atoms with Gasteiger partial charge in [0.1, 0.15) is 0 Å². The van der Waals surface area contributed by atoms with Crippen LogP contribution in [0, 0.1) is 0 Å². The average molecular weight is 295 g/mol. The second kappa shape index (κ2) is 6.08. The summed E-state index contributed by atoms with van der Waals surface area (Å²) in [6.45, 7) is 2.98. The van der Waals surface area contributed by atoms with Crippen LogP contribution in [0.2, 0.25) is 0 Å². The summed E-state index contributed by atoms with van der Waals surface area (Å²) in [7, 11) is 0. The molecule has 20 heavy (non-hydrogen) atoms. The van der Waals surface area contributed by atoms with Crippen molar-refractivity contribution in [3.8, 4) is 0 Å². The molecule has 2 atom stereocenters. The van der Waals surface area contributed by atoms with Gasteiger partial charge in [-0.05, 0) is 43.6 Å². The van der Waals surface area contributed by atoms with E-state index in [1.807, 2.05) is 6.20 Å². The topological polar surface area (TPSA) is 53.1 Å². The van der Waals surface area contributed by atoms with Gasteiger partial charge in [-0.2, -0.15) is 16.9 Å². The highest BCUT2D eigenvalue weighted by atomic mass is 32.2. The van der Waals surface area contributed by atoms with E-state index >= 15 is 0 Å². The summed E-state index contributed by atoms with van der Waals surface area (Å²) in [5, 5.41) is 4.56. The van der Waals surface area contributed by atoms with Crippen LogP contribution in [0.5, 0.6) is 0 Å². The van der Waals surface area contributed by atoms with Gasteiger partial charge in [-0.3, -0.25) is 4.68 Å². The fourth-order valence-electron chi connectivity index (χ4n) is 3.30. The first-order valence-corrected chi connectivity index (χ1v) is 8.89. The largest absolute Gasteiger partial charge is 0.375 e. The third kappa shape index (κ3) is 2.90. The van der Waals surface area contributed by atoms with Crippen LogP contribution >= 0.6 is 11.8 Å². The molecule has 0 amide bonds. The first-order valence-electron chi connectivity index (χ1n) is 7.74. The van der Waals surface area contributed by atoms with Gasteiger partial charge in [-0.15, -0.1) is 0 Å². The lowest BCUT2D eigenvalue weighted by Gasteiger charge is -2.43. The Bertz CT molecular complexity index is 437. The molecule has 0 aliphatic carbocycles. The molecular formula is C15H25N3OS. The zero-order chi connectivity index (χ0) is 14.0. The molecule has 2 fully saturated rings. The number of rotatable bonds is 3. The number of ether oxygens (including phenoxy) is 1. The standard InChI is InChI=1S/C15H25N3OS/c1-2-14(16)12-10-17-18(11-12)13-3-6-19-15(9-13)4-7-20-8-5-15/h10-11,13-14H,2-9,16H2,1H3. The fraction of sp³-hybridized carbons (Fsp3) is 0.800. The molecule has 0 saturated carbocycles. The highest BCUT2D eigenvalue weighted by Crippen LogP contribution is 2.41. The molecule has 2 N–H and O–H groups in total. The third-order valence-corrected chi connectivity index (χ3v) is 5.72. The van der Waals surface area contributed by atoms with Crippen molar-refractivity contribution in [3.63, 3.8) is 0 Å². The van der Waals surface area contributed by atoms with Crippen LogP contribution in [0.15, 0.2) is 12.4 Å². The second-order valence-electron chi connectivity index (χ2n) is 6.06. The van der Waals surface area contributed by atoms with E-state index in [1.54, 1.807) is 0 Å². The van der Waals surface area contributed by atoms with E-state index in [2.05, 4.69) is 34.7 Å². The first kappa shape index (κ1) is 14.4. The summed E-state index contributed by atoms with van der Waals surface area (Å²) in [6.07, 6.45) is 9.60. The SMILES string of the molecule is CCC(N)c1cnn(C2CCOC3(CCSCC3)C2)c1. The molecule has 1 spiro atoms. The monoisotopic (exact) mass is 295 g/mol. The Morgan fingerprint density at radius 2 is 2.35 bits per heavy atom. The quantitative estimate of drug-likeness (QED) is 0.931. The lowest BCUT2D eigenvalue weighted by Crippen LogP contribution is -2.43. The smallest absolute Gasteiger partial charge is 0.0718 e. The highest BCUT2D eigenvalue weighted by molar-refractivity contribution is 7.99. The Morgan fingerprint density at radius 3 is 3.10 bits per heavy atom. The summed E-state index contributed by atoms with van der Waals surface area (Å²) in [6, 6.07) is 0.591. The molecule has 2 aliphatic rings. The van der Waals surface area contributed by atoms with Crippen LogP contribution in [-0.4, -0.2) is 33.5 Å². The molecule has 3 rings (SSSR count). The van der Waals surface area contributed by atoms with E-state index < -0.39 is 0 Å². The van der Waals surface area contributed by atoms with Gasteiger partial charge in [0.25, 0.3) is 0 Å². The van der Waals surface area contributed by atoms with E-state index in [0.717, 1.165) is 31.4 Å². The maximum atomic E-state index is 6.15. The van der Waals surface area contributed by atoms with Crippen molar-refractivity contribution in [2.75, 3.05) is 18.1 Å².